The van der Waals surface area contributed by atoms with Gasteiger partial charge in [0.15, 0.2) is 0 Å². The van der Waals surface area contributed by atoms with Crippen molar-refractivity contribution in [1.82, 2.24) is 0 Å². The molecule has 2 aromatic rings. The third-order valence-corrected chi connectivity index (χ3v) is 4.66. The molecular formula is C22H34Br2N2. The molecule has 146 valence electrons. The van der Waals surface area contributed by atoms with Gasteiger partial charge < -0.3 is 34.0 Å². The molecule has 0 atom stereocenters. The summed E-state index contributed by atoms with van der Waals surface area (Å²) >= 11 is 0. The Morgan fingerprint density at radius 1 is 0.615 bits per heavy atom. The summed E-state index contributed by atoms with van der Waals surface area (Å²) in [5.41, 5.74) is 1.38. The van der Waals surface area contributed by atoms with Gasteiger partial charge in [-0.25, -0.2) is 0 Å². The summed E-state index contributed by atoms with van der Waals surface area (Å²) < 4.78 is 4.39. The van der Waals surface area contributed by atoms with E-state index in [0.29, 0.717) is 0 Å². The van der Waals surface area contributed by atoms with Crippen LogP contribution in [0, 0.1) is 0 Å². The van der Waals surface area contributed by atoms with Crippen molar-refractivity contribution in [2.24, 2.45) is 0 Å². The van der Waals surface area contributed by atoms with Crippen LogP contribution in [0.4, 0.5) is 0 Å². The number of aromatic nitrogens is 2. The van der Waals surface area contributed by atoms with E-state index in [9.17, 15) is 0 Å². The molecule has 0 saturated heterocycles. The highest BCUT2D eigenvalue weighted by molar-refractivity contribution is 4.96. The summed E-state index contributed by atoms with van der Waals surface area (Å²) in [5, 5.41) is 0. The van der Waals surface area contributed by atoms with Crippen molar-refractivity contribution in [3.05, 3.63) is 60.7 Å². The summed E-state index contributed by atoms with van der Waals surface area (Å²) in [6.45, 7) is 2.28. The van der Waals surface area contributed by atoms with E-state index < -0.39 is 0 Å². The van der Waals surface area contributed by atoms with E-state index in [1.807, 2.05) is 0 Å². The molecule has 0 radical (unpaired) electrons. The fourth-order valence-electron chi connectivity index (χ4n) is 3.22. The molecule has 0 bridgehead atoms. The second-order valence-electron chi connectivity index (χ2n) is 6.72. The predicted octanol–water partition coefficient (Wildman–Crippen LogP) is -0.956. The molecule has 2 rings (SSSR count). The van der Waals surface area contributed by atoms with Crippen molar-refractivity contribution in [1.29, 1.82) is 0 Å². The van der Waals surface area contributed by atoms with Crippen LogP contribution in [-0.4, -0.2) is 0 Å². The lowest BCUT2D eigenvalue weighted by molar-refractivity contribution is -1.30. The lowest BCUT2D eigenvalue weighted by atomic mass is 10.1. The zero-order chi connectivity index (χ0) is 16.9. The highest BCUT2D eigenvalue weighted by Gasteiger charge is 2.17. The first-order valence-electron chi connectivity index (χ1n) is 9.88. The second-order valence-corrected chi connectivity index (χ2v) is 6.72. The maximum absolute atomic E-state index is 2.28. The summed E-state index contributed by atoms with van der Waals surface area (Å²) in [6.07, 6.45) is 21.4. The second kappa shape index (κ2) is 16.4. The maximum atomic E-state index is 2.28. The minimum absolute atomic E-state index is 0. The topological polar surface area (TPSA) is 7.76 Å². The molecule has 0 spiro atoms. The average Bonchev–Trinajstić information content (AvgIpc) is 2.64. The molecule has 0 aliphatic carbocycles. The third-order valence-electron chi connectivity index (χ3n) is 4.66. The van der Waals surface area contributed by atoms with Crippen LogP contribution in [0.1, 0.15) is 76.8 Å². The Morgan fingerprint density at radius 2 is 1.15 bits per heavy atom. The number of hydrogen-bond donors (Lipinski definition) is 0. The van der Waals surface area contributed by atoms with Gasteiger partial charge in [0.25, 0.3) is 5.69 Å². The third kappa shape index (κ3) is 9.82. The van der Waals surface area contributed by atoms with Gasteiger partial charge in [-0.15, -0.1) is 0 Å². The first-order chi connectivity index (χ1) is 11.9. The van der Waals surface area contributed by atoms with Crippen LogP contribution < -0.4 is 43.3 Å². The maximum Gasteiger partial charge on any atom is 0.253 e. The molecule has 0 fully saturated rings. The number of pyridine rings is 2. The Balaban J connectivity index is 0.00000312. The van der Waals surface area contributed by atoms with E-state index in [1.165, 1.54) is 69.9 Å². The summed E-state index contributed by atoms with van der Waals surface area (Å²) in [7, 11) is 0. The standard InChI is InChI=1S/C22H34N2.2BrH/c1-2-3-4-5-6-7-8-9-10-12-17-22-18-13-16-21-24(22)23-19-14-11-15-20-23;;/h11,13-16,18-21H,2-10,12,17H2,1H3;2*1H/q+2;;/p-2. The van der Waals surface area contributed by atoms with E-state index >= 15 is 0 Å². The van der Waals surface area contributed by atoms with Crippen molar-refractivity contribution in [2.45, 2.75) is 77.6 Å². The van der Waals surface area contributed by atoms with E-state index in [0.717, 1.165) is 6.42 Å². The minimum Gasteiger partial charge on any atom is -1.00 e. The number of nitrogens with zero attached hydrogens (tertiary/aromatic N) is 2. The van der Waals surface area contributed by atoms with Gasteiger partial charge >= 0.3 is 0 Å². The van der Waals surface area contributed by atoms with Crippen molar-refractivity contribution in [3.8, 4) is 0 Å². The summed E-state index contributed by atoms with van der Waals surface area (Å²) in [4.78, 5) is 0. The number of halogens is 2. The predicted molar refractivity (Wildman–Crippen MR) is 99.6 cm³/mol. The fraction of sp³-hybridized carbons (Fsp3) is 0.545. The van der Waals surface area contributed by atoms with Gasteiger partial charge in [-0.3, -0.25) is 0 Å². The molecule has 0 aromatic carbocycles. The highest BCUT2D eigenvalue weighted by Crippen LogP contribution is 2.11. The molecule has 26 heavy (non-hydrogen) atoms. The van der Waals surface area contributed by atoms with Crippen molar-refractivity contribution in [2.75, 3.05) is 0 Å². The zero-order valence-electron chi connectivity index (χ0n) is 16.1. The van der Waals surface area contributed by atoms with Crippen LogP contribution in [0.3, 0.4) is 0 Å². The Hall–Kier alpha value is -0.740. The molecule has 2 heterocycles. The lowest BCUT2D eigenvalue weighted by Gasteiger charge is -2.02. The average molecular weight is 486 g/mol. The van der Waals surface area contributed by atoms with Crippen molar-refractivity contribution in [3.63, 3.8) is 0 Å². The van der Waals surface area contributed by atoms with Crippen molar-refractivity contribution >= 4 is 0 Å². The van der Waals surface area contributed by atoms with Crippen molar-refractivity contribution < 1.29 is 43.3 Å². The van der Waals surface area contributed by atoms with Crippen LogP contribution in [0.25, 0.3) is 0 Å². The molecule has 0 saturated carbocycles. The van der Waals surface area contributed by atoms with E-state index in [-0.39, 0.29) is 34.0 Å². The molecule has 4 heteroatoms. The van der Waals surface area contributed by atoms with E-state index in [4.69, 9.17) is 0 Å². The number of hydrogen-bond acceptors (Lipinski definition) is 0. The Kier molecular flexibility index (Phi) is 16.0. The molecule has 2 aromatic heterocycles. The van der Waals surface area contributed by atoms with Crippen LogP contribution in [-0.2, 0) is 6.42 Å². The Bertz CT molecular complexity index is 561. The number of aryl methyl sites for hydroxylation is 1. The SMILES string of the molecule is CCCCCCCCCCCCc1cccc[n+]1-[n+]1ccccc1.[Br-].[Br-]. The number of unbranched alkanes of at least 4 members (excludes halogenated alkanes) is 9. The van der Waals surface area contributed by atoms with E-state index in [1.54, 1.807) is 0 Å². The molecular weight excluding hydrogens is 452 g/mol. The molecule has 0 aliphatic rings. The molecule has 2 nitrogen and oxygen atoms in total. The van der Waals surface area contributed by atoms with Gasteiger partial charge in [-0.2, -0.15) is 0 Å². The van der Waals surface area contributed by atoms with Gasteiger partial charge in [-0.05, 0) is 18.6 Å². The van der Waals surface area contributed by atoms with Gasteiger partial charge in [-0.1, -0.05) is 64.7 Å². The smallest absolute Gasteiger partial charge is 0.253 e. The van der Waals surface area contributed by atoms with Gasteiger partial charge in [0, 0.05) is 30.7 Å². The normalized spacial score (nSPS) is 10.0. The van der Waals surface area contributed by atoms with Gasteiger partial charge in [0.1, 0.15) is 0 Å². The summed E-state index contributed by atoms with van der Waals surface area (Å²) in [5.74, 6) is 0. The van der Waals surface area contributed by atoms with Crippen LogP contribution in [0.2, 0.25) is 0 Å². The quantitative estimate of drug-likeness (QED) is 0.270. The number of rotatable bonds is 12. The van der Waals surface area contributed by atoms with Crippen LogP contribution in [0.15, 0.2) is 55.0 Å². The minimum atomic E-state index is 0. The van der Waals surface area contributed by atoms with E-state index in [2.05, 4.69) is 71.3 Å². The molecule has 0 aliphatic heterocycles. The molecule has 0 amide bonds. The molecule has 0 unspecified atom stereocenters. The Labute approximate surface area is 181 Å². The first-order valence-corrected chi connectivity index (χ1v) is 9.88. The van der Waals surface area contributed by atoms with Crippen LogP contribution >= 0.6 is 0 Å². The lowest BCUT2D eigenvalue weighted by Crippen LogP contribution is -3.00. The zero-order valence-corrected chi connectivity index (χ0v) is 19.3. The monoisotopic (exact) mass is 484 g/mol. The fourth-order valence-corrected chi connectivity index (χ4v) is 3.22. The molecule has 0 N–H and O–H groups in total. The summed E-state index contributed by atoms with van der Waals surface area (Å²) in [6, 6.07) is 12.7. The van der Waals surface area contributed by atoms with Crippen LogP contribution in [0.5, 0.6) is 0 Å². The largest absolute Gasteiger partial charge is 1.00 e. The Morgan fingerprint density at radius 3 is 1.77 bits per heavy atom. The first kappa shape index (κ1) is 25.3. The van der Waals surface area contributed by atoms with Gasteiger partial charge in [0.2, 0.25) is 18.6 Å². The van der Waals surface area contributed by atoms with Gasteiger partial charge in [0.05, 0.1) is 9.35 Å². The highest BCUT2D eigenvalue weighted by atomic mass is 79.9.